The lowest BCUT2D eigenvalue weighted by molar-refractivity contribution is 0.416. The van der Waals surface area contributed by atoms with Crippen LogP contribution in [0.15, 0.2) is 22.7 Å². The van der Waals surface area contributed by atoms with Crippen molar-refractivity contribution in [2.45, 2.75) is 6.92 Å². The van der Waals surface area contributed by atoms with E-state index in [1.165, 1.54) is 0 Å². The maximum atomic E-state index is 5.95. The van der Waals surface area contributed by atoms with Crippen molar-refractivity contribution in [2.24, 2.45) is 0 Å². The van der Waals surface area contributed by atoms with E-state index >= 15 is 0 Å². The smallest absolute Gasteiger partial charge is 0.230 e. The van der Waals surface area contributed by atoms with Gasteiger partial charge >= 0.3 is 0 Å². The Morgan fingerprint density at radius 3 is 2.75 bits per heavy atom. The Labute approximate surface area is 97.9 Å². The third-order valence-electron chi connectivity index (χ3n) is 2.32. The van der Waals surface area contributed by atoms with Crippen LogP contribution in [0.4, 0.5) is 5.88 Å². The topological polar surface area (TPSA) is 61.3 Å². The van der Waals surface area contributed by atoms with Crippen molar-refractivity contribution >= 4 is 17.5 Å². The molecule has 1 aromatic heterocycles. The van der Waals surface area contributed by atoms with E-state index in [4.69, 9.17) is 26.6 Å². The predicted molar refractivity (Wildman–Crippen MR) is 62.7 cm³/mol. The molecule has 0 unspecified atom stereocenters. The maximum absolute atomic E-state index is 5.95. The van der Waals surface area contributed by atoms with Crippen LogP contribution in [-0.4, -0.2) is 12.3 Å². The minimum atomic E-state index is 0.262. The average Bonchev–Trinajstić information content (AvgIpc) is 2.58. The quantitative estimate of drug-likeness (QED) is 0.874. The van der Waals surface area contributed by atoms with E-state index in [-0.39, 0.29) is 5.88 Å². The van der Waals surface area contributed by atoms with Crippen molar-refractivity contribution in [3.8, 4) is 16.9 Å². The minimum absolute atomic E-state index is 0.262. The Morgan fingerprint density at radius 1 is 1.44 bits per heavy atom. The van der Waals surface area contributed by atoms with Gasteiger partial charge in [0.25, 0.3) is 0 Å². The molecule has 2 rings (SSSR count). The van der Waals surface area contributed by atoms with Crippen LogP contribution >= 0.6 is 11.6 Å². The first-order valence-corrected chi connectivity index (χ1v) is 5.07. The number of hydrogen-bond acceptors (Lipinski definition) is 4. The van der Waals surface area contributed by atoms with Gasteiger partial charge in [0.1, 0.15) is 5.75 Å². The van der Waals surface area contributed by atoms with E-state index in [2.05, 4.69) is 5.16 Å². The molecule has 0 atom stereocenters. The fourth-order valence-electron chi connectivity index (χ4n) is 1.59. The van der Waals surface area contributed by atoms with E-state index in [1.807, 2.05) is 6.92 Å². The Bertz CT molecular complexity index is 503. The van der Waals surface area contributed by atoms with Crippen LogP contribution < -0.4 is 10.5 Å². The molecule has 0 bridgehead atoms. The largest absolute Gasteiger partial charge is 0.496 e. The number of hydrogen-bond donors (Lipinski definition) is 1. The third-order valence-corrected chi connectivity index (χ3v) is 2.56. The van der Waals surface area contributed by atoms with Crippen LogP contribution in [0, 0.1) is 6.92 Å². The number of rotatable bonds is 2. The normalized spacial score (nSPS) is 10.4. The second-order valence-corrected chi connectivity index (χ2v) is 3.79. The van der Waals surface area contributed by atoms with Gasteiger partial charge in [0.15, 0.2) is 0 Å². The average molecular weight is 239 g/mol. The van der Waals surface area contributed by atoms with Gasteiger partial charge in [0.2, 0.25) is 5.88 Å². The SMILES string of the molecule is COc1ccc(Cl)cc1-c1c(C)noc1N. The van der Waals surface area contributed by atoms with Crippen molar-refractivity contribution in [1.29, 1.82) is 0 Å². The molecular weight excluding hydrogens is 228 g/mol. The molecule has 5 heteroatoms. The van der Waals surface area contributed by atoms with Crippen molar-refractivity contribution in [3.05, 3.63) is 28.9 Å². The molecule has 0 aliphatic heterocycles. The standard InChI is InChI=1S/C11H11ClN2O2/c1-6-10(11(13)16-14-6)8-5-7(12)3-4-9(8)15-2/h3-5H,13H2,1-2H3. The van der Waals surface area contributed by atoms with Gasteiger partial charge in [-0.3, -0.25) is 0 Å². The number of anilines is 1. The van der Waals surface area contributed by atoms with Crippen molar-refractivity contribution in [1.82, 2.24) is 5.16 Å². The van der Waals surface area contributed by atoms with Gasteiger partial charge in [-0.05, 0) is 25.1 Å². The monoisotopic (exact) mass is 238 g/mol. The molecule has 0 aliphatic rings. The molecule has 0 saturated carbocycles. The number of aromatic nitrogens is 1. The van der Waals surface area contributed by atoms with E-state index < -0.39 is 0 Å². The molecule has 16 heavy (non-hydrogen) atoms. The van der Waals surface area contributed by atoms with Crippen molar-refractivity contribution in [3.63, 3.8) is 0 Å². The lowest BCUT2D eigenvalue weighted by Crippen LogP contribution is -1.91. The summed E-state index contributed by atoms with van der Waals surface area (Å²) in [5.74, 6) is 0.945. The van der Waals surface area contributed by atoms with Crippen LogP contribution in [0.2, 0.25) is 5.02 Å². The predicted octanol–water partition coefficient (Wildman–Crippen LogP) is 2.89. The highest BCUT2D eigenvalue weighted by molar-refractivity contribution is 6.31. The molecule has 2 N–H and O–H groups in total. The zero-order valence-electron chi connectivity index (χ0n) is 8.95. The van der Waals surface area contributed by atoms with E-state index in [1.54, 1.807) is 25.3 Å². The molecule has 0 spiro atoms. The molecule has 0 aliphatic carbocycles. The molecule has 1 heterocycles. The molecule has 2 aromatic rings. The van der Waals surface area contributed by atoms with Crippen LogP contribution in [0.5, 0.6) is 5.75 Å². The second-order valence-electron chi connectivity index (χ2n) is 3.35. The molecule has 1 aromatic carbocycles. The summed E-state index contributed by atoms with van der Waals surface area (Å²) in [4.78, 5) is 0. The molecule has 0 amide bonds. The van der Waals surface area contributed by atoms with Gasteiger partial charge < -0.3 is 15.0 Å². The molecule has 84 valence electrons. The third kappa shape index (κ3) is 1.72. The lowest BCUT2D eigenvalue weighted by Gasteiger charge is -2.07. The summed E-state index contributed by atoms with van der Waals surface area (Å²) in [7, 11) is 1.59. The van der Waals surface area contributed by atoms with Gasteiger partial charge in [-0.25, -0.2) is 0 Å². The van der Waals surface area contributed by atoms with Gasteiger partial charge in [-0.2, -0.15) is 0 Å². The highest BCUT2D eigenvalue weighted by Gasteiger charge is 2.16. The number of halogens is 1. The highest BCUT2D eigenvalue weighted by Crippen LogP contribution is 2.37. The molecule has 0 fully saturated rings. The van der Waals surface area contributed by atoms with Crippen LogP contribution in [-0.2, 0) is 0 Å². The summed E-state index contributed by atoms with van der Waals surface area (Å²) in [6.07, 6.45) is 0. The first kappa shape index (κ1) is 10.8. The Morgan fingerprint density at radius 2 is 2.19 bits per heavy atom. The van der Waals surface area contributed by atoms with Gasteiger partial charge in [-0.1, -0.05) is 16.8 Å². The van der Waals surface area contributed by atoms with Crippen molar-refractivity contribution < 1.29 is 9.26 Å². The molecular formula is C11H11ClN2O2. The highest BCUT2D eigenvalue weighted by atomic mass is 35.5. The summed E-state index contributed by atoms with van der Waals surface area (Å²) in [5, 5.41) is 4.41. The molecule has 4 nitrogen and oxygen atoms in total. The number of ether oxygens (including phenoxy) is 1. The molecule has 0 radical (unpaired) electrons. The second kappa shape index (κ2) is 4.06. The van der Waals surface area contributed by atoms with E-state index in [0.29, 0.717) is 16.5 Å². The van der Waals surface area contributed by atoms with Crippen LogP contribution in [0.25, 0.3) is 11.1 Å². The minimum Gasteiger partial charge on any atom is -0.496 e. The summed E-state index contributed by atoms with van der Waals surface area (Å²) in [6, 6.07) is 5.31. The van der Waals surface area contributed by atoms with Crippen molar-refractivity contribution in [2.75, 3.05) is 12.8 Å². The zero-order valence-corrected chi connectivity index (χ0v) is 9.71. The Balaban J connectivity index is 2.67. The fraction of sp³-hybridized carbons (Fsp3) is 0.182. The number of nitrogens with two attached hydrogens (primary N) is 1. The number of benzene rings is 1. The Hall–Kier alpha value is -1.68. The summed E-state index contributed by atoms with van der Waals surface area (Å²) >= 11 is 5.95. The summed E-state index contributed by atoms with van der Waals surface area (Å²) < 4.78 is 10.2. The number of nitrogen functional groups attached to an aromatic ring is 1. The van der Waals surface area contributed by atoms with Gasteiger partial charge in [-0.15, -0.1) is 0 Å². The lowest BCUT2D eigenvalue weighted by atomic mass is 10.1. The summed E-state index contributed by atoms with van der Waals surface area (Å²) in [5.41, 5.74) is 7.93. The first-order chi connectivity index (χ1) is 7.63. The van der Waals surface area contributed by atoms with Crippen LogP contribution in [0.3, 0.4) is 0 Å². The maximum Gasteiger partial charge on any atom is 0.230 e. The van der Waals surface area contributed by atoms with Gasteiger partial charge in [0.05, 0.1) is 18.4 Å². The fourth-order valence-corrected chi connectivity index (χ4v) is 1.76. The van der Waals surface area contributed by atoms with Crippen LogP contribution in [0.1, 0.15) is 5.69 Å². The number of nitrogens with zero attached hydrogens (tertiary/aromatic N) is 1. The number of aryl methyl sites for hydroxylation is 1. The zero-order chi connectivity index (χ0) is 11.7. The number of methoxy groups -OCH3 is 1. The summed E-state index contributed by atoms with van der Waals surface area (Å²) in [6.45, 7) is 1.82. The first-order valence-electron chi connectivity index (χ1n) is 4.69. The Kier molecular flexibility index (Phi) is 2.75. The van der Waals surface area contributed by atoms with E-state index in [0.717, 1.165) is 11.1 Å². The molecule has 0 saturated heterocycles. The van der Waals surface area contributed by atoms with Gasteiger partial charge in [0, 0.05) is 10.6 Å². The van der Waals surface area contributed by atoms with E-state index in [9.17, 15) is 0 Å².